The van der Waals surface area contributed by atoms with Crippen LogP contribution in [0, 0.1) is 20.8 Å². The third-order valence-corrected chi connectivity index (χ3v) is 5.99. The molecule has 1 fully saturated rings. The Hall–Kier alpha value is -0.910. The fraction of sp³-hybridized carbons (Fsp3) is 0.600. The second-order valence-corrected chi connectivity index (χ2v) is 7.62. The van der Waals surface area contributed by atoms with Gasteiger partial charge in [-0.1, -0.05) is 6.07 Å². The van der Waals surface area contributed by atoms with E-state index < -0.39 is 10.0 Å². The minimum Gasteiger partial charge on any atom is -0.373 e. The smallest absolute Gasteiger partial charge is 0.243 e. The number of morpholine rings is 1. The zero-order chi connectivity index (χ0) is 15.1. The molecule has 0 N–H and O–H groups in total. The van der Waals surface area contributed by atoms with Crippen molar-refractivity contribution in [2.24, 2.45) is 0 Å². The first-order valence-electron chi connectivity index (χ1n) is 6.96. The summed E-state index contributed by atoms with van der Waals surface area (Å²) in [6.45, 7) is 10.5. The summed E-state index contributed by atoms with van der Waals surface area (Å²) in [4.78, 5) is 0.418. The zero-order valence-electron chi connectivity index (χ0n) is 12.8. The van der Waals surface area contributed by atoms with E-state index in [1.807, 2.05) is 40.7 Å². The molecule has 5 heteroatoms. The molecule has 0 bridgehead atoms. The Balaban J connectivity index is 2.43. The number of hydrogen-bond donors (Lipinski definition) is 0. The molecule has 0 spiro atoms. The fourth-order valence-corrected chi connectivity index (χ4v) is 4.55. The van der Waals surface area contributed by atoms with Gasteiger partial charge in [-0.05, 0) is 57.4 Å². The molecule has 0 aromatic heterocycles. The molecule has 0 saturated carbocycles. The fourth-order valence-electron chi connectivity index (χ4n) is 2.68. The van der Waals surface area contributed by atoms with Crippen LogP contribution >= 0.6 is 0 Å². The molecule has 1 aliphatic rings. The Morgan fingerprint density at radius 1 is 1.05 bits per heavy atom. The standard InChI is InChI=1S/C15H23NO3S/c1-10-6-7-15(14(5)13(10)4)20(17,18)16-8-11(2)19-12(3)9-16/h6-7,11-12H,8-9H2,1-5H3/t11-,12-/m1/s1. The Labute approximate surface area is 121 Å². The average Bonchev–Trinajstić information content (AvgIpc) is 2.34. The van der Waals surface area contributed by atoms with Gasteiger partial charge in [0.05, 0.1) is 17.1 Å². The molecule has 1 saturated heterocycles. The van der Waals surface area contributed by atoms with E-state index in [0.717, 1.165) is 16.7 Å². The lowest BCUT2D eigenvalue weighted by atomic mass is 10.1. The minimum atomic E-state index is -3.44. The summed E-state index contributed by atoms with van der Waals surface area (Å²) < 4.78 is 32.8. The van der Waals surface area contributed by atoms with Gasteiger partial charge in [0, 0.05) is 13.1 Å². The zero-order valence-corrected chi connectivity index (χ0v) is 13.6. The number of ether oxygens (including phenoxy) is 1. The van der Waals surface area contributed by atoms with Crippen molar-refractivity contribution < 1.29 is 13.2 Å². The predicted molar refractivity (Wildman–Crippen MR) is 79.4 cm³/mol. The molecule has 1 aliphatic heterocycles. The normalized spacial score (nSPS) is 24.9. The molecule has 0 unspecified atom stereocenters. The summed E-state index contributed by atoms with van der Waals surface area (Å²) in [5, 5.41) is 0. The van der Waals surface area contributed by atoms with Crippen LogP contribution in [0.1, 0.15) is 30.5 Å². The molecule has 2 atom stereocenters. The van der Waals surface area contributed by atoms with Crippen LogP contribution in [0.5, 0.6) is 0 Å². The lowest BCUT2D eigenvalue weighted by Gasteiger charge is -2.34. The SMILES string of the molecule is Cc1ccc(S(=O)(=O)N2C[C@@H](C)O[C@H](C)C2)c(C)c1C. The van der Waals surface area contributed by atoms with Crippen LogP contribution < -0.4 is 0 Å². The highest BCUT2D eigenvalue weighted by Gasteiger charge is 2.33. The summed E-state index contributed by atoms with van der Waals surface area (Å²) in [5.74, 6) is 0. The second kappa shape index (κ2) is 5.47. The minimum absolute atomic E-state index is 0.0691. The Morgan fingerprint density at radius 3 is 2.15 bits per heavy atom. The summed E-state index contributed by atoms with van der Waals surface area (Å²) in [7, 11) is -3.44. The topological polar surface area (TPSA) is 46.6 Å². The number of benzene rings is 1. The number of sulfonamides is 1. The van der Waals surface area contributed by atoms with Crippen molar-refractivity contribution in [2.75, 3.05) is 13.1 Å². The van der Waals surface area contributed by atoms with Gasteiger partial charge < -0.3 is 4.74 Å². The van der Waals surface area contributed by atoms with E-state index in [1.165, 1.54) is 0 Å². The Kier molecular flexibility index (Phi) is 4.23. The van der Waals surface area contributed by atoms with Gasteiger partial charge in [-0.2, -0.15) is 4.31 Å². The summed E-state index contributed by atoms with van der Waals surface area (Å²) in [6, 6.07) is 3.60. The maximum Gasteiger partial charge on any atom is 0.243 e. The predicted octanol–water partition coefficient (Wildman–Crippen LogP) is 2.41. The molecule has 1 heterocycles. The number of nitrogens with zero attached hydrogens (tertiary/aromatic N) is 1. The van der Waals surface area contributed by atoms with Crippen molar-refractivity contribution in [3.05, 3.63) is 28.8 Å². The molecular weight excluding hydrogens is 274 g/mol. The molecule has 1 aromatic carbocycles. The molecule has 1 aromatic rings. The lowest BCUT2D eigenvalue weighted by molar-refractivity contribution is -0.0440. The van der Waals surface area contributed by atoms with Gasteiger partial charge in [0.1, 0.15) is 0 Å². The van der Waals surface area contributed by atoms with Crippen molar-refractivity contribution in [2.45, 2.75) is 51.7 Å². The third kappa shape index (κ3) is 2.75. The van der Waals surface area contributed by atoms with Crippen molar-refractivity contribution in [1.82, 2.24) is 4.31 Å². The monoisotopic (exact) mass is 297 g/mol. The van der Waals surface area contributed by atoms with E-state index in [0.29, 0.717) is 18.0 Å². The Morgan fingerprint density at radius 2 is 1.60 bits per heavy atom. The highest BCUT2D eigenvalue weighted by Crippen LogP contribution is 2.26. The molecule has 20 heavy (non-hydrogen) atoms. The van der Waals surface area contributed by atoms with Gasteiger partial charge in [-0.15, -0.1) is 0 Å². The van der Waals surface area contributed by atoms with E-state index in [9.17, 15) is 8.42 Å². The van der Waals surface area contributed by atoms with Gasteiger partial charge in [-0.3, -0.25) is 0 Å². The number of hydrogen-bond acceptors (Lipinski definition) is 3. The van der Waals surface area contributed by atoms with E-state index in [1.54, 1.807) is 10.4 Å². The van der Waals surface area contributed by atoms with E-state index >= 15 is 0 Å². The van der Waals surface area contributed by atoms with Crippen LogP contribution in [-0.2, 0) is 14.8 Å². The molecule has 112 valence electrons. The van der Waals surface area contributed by atoms with Crippen molar-refractivity contribution >= 4 is 10.0 Å². The molecule has 0 amide bonds. The van der Waals surface area contributed by atoms with Crippen LogP contribution in [0.2, 0.25) is 0 Å². The van der Waals surface area contributed by atoms with Gasteiger partial charge in [0.2, 0.25) is 10.0 Å². The van der Waals surface area contributed by atoms with Crippen LogP contribution in [0.15, 0.2) is 17.0 Å². The quantitative estimate of drug-likeness (QED) is 0.842. The number of aryl methyl sites for hydroxylation is 1. The van der Waals surface area contributed by atoms with Crippen molar-refractivity contribution in [1.29, 1.82) is 0 Å². The third-order valence-electron chi connectivity index (χ3n) is 4.01. The molecule has 2 rings (SSSR count). The van der Waals surface area contributed by atoms with E-state index in [-0.39, 0.29) is 12.2 Å². The van der Waals surface area contributed by atoms with Gasteiger partial charge >= 0.3 is 0 Å². The Bertz CT molecular complexity index is 600. The molecule has 4 nitrogen and oxygen atoms in total. The average molecular weight is 297 g/mol. The first kappa shape index (κ1) is 15.5. The van der Waals surface area contributed by atoms with Crippen molar-refractivity contribution in [3.8, 4) is 0 Å². The summed E-state index contributed by atoms with van der Waals surface area (Å²) in [6.07, 6.45) is -0.138. The van der Waals surface area contributed by atoms with Crippen LogP contribution in [0.3, 0.4) is 0 Å². The summed E-state index contributed by atoms with van der Waals surface area (Å²) in [5.41, 5.74) is 3.00. The van der Waals surface area contributed by atoms with Crippen LogP contribution in [0.4, 0.5) is 0 Å². The van der Waals surface area contributed by atoms with E-state index in [2.05, 4.69) is 0 Å². The molecule has 0 aliphatic carbocycles. The van der Waals surface area contributed by atoms with Crippen molar-refractivity contribution in [3.63, 3.8) is 0 Å². The highest BCUT2D eigenvalue weighted by molar-refractivity contribution is 7.89. The lowest BCUT2D eigenvalue weighted by Crippen LogP contribution is -2.48. The maximum atomic E-state index is 12.8. The largest absolute Gasteiger partial charge is 0.373 e. The molecule has 0 radical (unpaired) electrons. The van der Waals surface area contributed by atoms with Gasteiger partial charge in [0.15, 0.2) is 0 Å². The summed E-state index contributed by atoms with van der Waals surface area (Å²) >= 11 is 0. The second-order valence-electron chi connectivity index (χ2n) is 5.71. The maximum absolute atomic E-state index is 12.8. The number of rotatable bonds is 2. The van der Waals surface area contributed by atoms with Crippen LogP contribution in [-0.4, -0.2) is 38.0 Å². The van der Waals surface area contributed by atoms with Crippen LogP contribution in [0.25, 0.3) is 0 Å². The van der Waals surface area contributed by atoms with Gasteiger partial charge in [-0.25, -0.2) is 8.42 Å². The highest BCUT2D eigenvalue weighted by atomic mass is 32.2. The van der Waals surface area contributed by atoms with E-state index in [4.69, 9.17) is 4.74 Å². The molecular formula is C15H23NO3S. The first-order valence-corrected chi connectivity index (χ1v) is 8.40. The first-order chi connectivity index (χ1) is 9.23. The van der Waals surface area contributed by atoms with Gasteiger partial charge in [0.25, 0.3) is 0 Å².